The lowest BCUT2D eigenvalue weighted by molar-refractivity contribution is 0.594. The molecule has 2 aromatic rings. The lowest BCUT2D eigenvalue weighted by Gasteiger charge is -2.12. The summed E-state index contributed by atoms with van der Waals surface area (Å²) in [6.07, 6.45) is 0.849. The van der Waals surface area contributed by atoms with Crippen molar-refractivity contribution in [3.8, 4) is 0 Å². The minimum atomic E-state index is 0.111. The number of halogens is 1. The van der Waals surface area contributed by atoms with Crippen LogP contribution in [0.25, 0.3) is 0 Å². The Labute approximate surface area is 129 Å². The molecule has 3 nitrogen and oxygen atoms in total. The highest BCUT2D eigenvalue weighted by atomic mass is 35.5. The maximum atomic E-state index is 6.23. The van der Waals surface area contributed by atoms with E-state index in [1.54, 1.807) is 11.8 Å². The van der Waals surface area contributed by atoms with Crippen molar-refractivity contribution >= 4 is 23.4 Å². The van der Waals surface area contributed by atoms with Gasteiger partial charge in [-0.3, -0.25) is 4.68 Å². The van der Waals surface area contributed by atoms with Crippen molar-refractivity contribution in [2.45, 2.75) is 37.8 Å². The van der Waals surface area contributed by atoms with Crippen molar-refractivity contribution in [2.24, 2.45) is 5.73 Å². The molecule has 108 valence electrons. The normalized spacial score (nSPS) is 12.6. The SMILES string of the molecule is CCn1nc(C)cc1CC(N)CSc1cccc(Cl)c1. The molecule has 0 saturated carbocycles. The molecule has 2 N–H and O–H groups in total. The highest BCUT2D eigenvalue weighted by molar-refractivity contribution is 7.99. The largest absolute Gasteiger partial charge is 0.327 e. The van der Waals surface area contributed by atoms with Gasteiger partial charge in [0.1, 0.15) is 0 Å². The molecule has 20 heavy (non-hydrogen) atoms. The van der Waals surface area contributed by atoms with Crippen molar-refractivity contribution in [3.63, 3.8) is 0 Å². The number of nitrogens with two attached hydrogens (primary N) is 1. The topological polar surface area (TPSA) is 43.8 Å². The summed E-state index contributed by atoms with van der Waals surface area (Å²) < 4.78 is 2.03. The number of aryl methyl sites for hydroxylation is 2. The Hall–Kier alpha value is -0.970. The van der Waals surface area contributed by atoms with E-state index < -0.39 is 0 Å². The van der Waals surface area contributed by atoms with E-state index in [2.05, 4.69) is 24.2 Å². The number of benzene rings is 1. The van der Waals surface area contributed by atoms with Gasteiger partial charge < -0.3 is 5.73 Å². The molecule has 5 heteroatoms. The Morgan fingerprint density at radius 2 is 2.20 bits per heavy atom. The Morgan fingerprint density at radius 3 is 2.90 bits per heavy atom. The second-order valence-corrected chi connectivity index (χ2v) is 6.36. The van der Waals surface area contributed by atoms with E-state index in [9.17, 15) is 0 Å². The molecule has 1 atom stereocenters. The maximum absolute atomic E-state index is 6.23. The molecule has 1 aromatic heterocycles. The van der Waals surface area contributed by atoms with E-state index in [4.69, 9.17) is 17.3 Å². The summed E-state index contributed by atoms with van der Waals surface area (Å²) in [6, 6.07) is 10.1. The number of rotatable bonds is 6. The monoisotopic (exact) mass is 309 g/mol. The van der Waals surface area contributed by atoms with E-state index >= 15 is 0 Å². The third-order valence-electron chi connectivity index (χ3n) is 3.02. The number of thioether (sulfide) groups is 1. The zero-order valence-corrected chi connectivity index (χ0v) is 13.4. The molecule has 2 rings (SSSR count). The van der Waals surface area contributed by atoms with E-state index in [0.29, 0.717) is 0 Å². The van der Waals surface area contributed by atoms with Crippen molar-refractivity contribution in [2.75, 3.05) is 5.75 Å². The van der Waals surface area contributed by atoms with Gasteiger partial charge in [-0.15, -0.1) is 11.8 Å². The Kier molecular flexibility index (Phi) is 5.52. The molecule has 0 fully saturated rings. The minimum absolute atomic E-state index is 0.111. The molecular weight excluding hydrogens is 290 g/mol. The number of hydrogen-bond donors (Lipinski definition) is 1. The van der Waals surface area contributed by atoms with E-state index in [0.717, 1.165) is 34.3 Å². The van der Waals surface area contributed by atoms with Crippen molar-refractivity contribution in [3.05, 3.63) is 46.7 Å². The first kappa shape index (κ1) is 15.4. The van der Waals surface area contributed by atoms with Crippen LogP contribution in [-0.4, -0.2) is 21.6 Å². The number of hydrogen-bond acceptors (Lipinski definition) is 3. The van der Waals surface area contributed by atoms with Gasteiger partial charge in [0.25, 0.3) is 0 Å². The van der Waals surface area contributed by atoms with Crippen molar-refractivity contribution in [1.82, 2.24) is 9.78 Å². The van der Waals surface area contributed by atoms with Crippen LogP contribution in [0.2, 0.25) is 5.02 Å². The number of nitrogens with zero attached hydrogens (tertiary/aromatic N) is 2. The lowest BCUT2D eigenvalue weighted by atomic mass is 10.2. The van der Waals surface area contributed by atoms with Gasteiger partial charge in [-0.2, -0.15) is 5.10 Å². The first-order valence-electron chi connectivity index (χ1n) is 6.75. The fourth-order valence-electron chi connectivity index (χ4n) is 2.12. The third kappa shape index (κ3) is 4.27. The summed E-state index contributed by atoms with van der Waals surface area (Å²) >= 11 is 7.72. The van der Waals surface area contributed by atoms with Gasteiger partial charge in [-0.1, -0.05) is 17.7 Å². The molecule has 0 aliphatic heterocycles. The molecule has 0 spiro atoms. The molecule has 0 amide bonds. The van der Waals surface area contributed by atoms with Crippen LogP contribution in [0.1, 0.15) is 18.3 Å². The van der Waals surface area contributed by atoms with Crippen LogP contribution >= 0.6 is 23.4 Å². The summed E-state index contributed by atoms with van der Waals surface area (Å²) in [5.41, 5.74) is 8.49. The summed E-state index contributed by atoms with van der Waals surface area (Å²) in [4.78, 5) is 1.16. The van der Waals surface area contributed by atoms with Gasteiger partial charge in [0.15, 0.2) is 0 Å². The third-order valence-corrected chi connectivity index (χ3v) is 4.43. The van der Waals surface area contributed by atoms with Gasteiger partial charge >= 0.3 is 0 Å². The van der Waals surface area contributed by atoms with Gasteiger partial charge in [0, 0.05) is 40.4 Å². The number of aromatic nitrogens is 2. The quantitative estimate of drug-likeness (QED) is 0.830. The Bertz CT molecular complexity index is 568. The summed E-state index contributed by atoms with van der Waals surface area (Å²) in [5, 5.41) is 5.22. The maximum Gasteiger partial charge on any atom is 0.0596 e. The molecule has 1 aromatic carbocycles. The molecular formula is C15H20ClN3S. The standard InChI is InChI=1S/C15H20ClN3S/c1-3-19-14(7-11(2)18-19)9-13(17)10-20-15-6-4-5-12(16)8-15/h4-8,13H,3,9-10,17H2,1-2H3. The van der Waals surface area contributed by atoms with E-state index in [1.165, 1.54) is 5.69 Å². The zero-order valence-electron chi connectivity index (χ0n) is 11.8. The van der Waals surface area contributed by atoms with Crippen LogP contribution in [0.15, 0.2) is 35.2 Å². The zero-order chi connectivity index (χ0) is 14.5. The van der Waals surface area contributed by atoms with Crippen LogP contribution in [0, 0.1) is 6.92 Å². The van der Waals surface area contributed by atoms with Crippen LogP contribution in [0.4, 0.5) is 0 Å². The van der Waals surface area contributed by atoms with Gasteiger partial charge in [0.05, 0.1) is 5.69 Å². The fourth-order valence-corrected chi connectivity index (χ4v) is 3.29. The molecule has 0 aliphatic carbocycles. The molecule has 0 aliphatic rings. The average Bonchev–Trinajstić information content (AvgIpc) is 2.76. The van der Waals surface area contributed by atoms with Crippen molar-refractivity contribution < 1.29 is 0 Å². The summed E-state index contributed by atoms with van der Waals surface area (Å²) in [6.45, 7) is 5.00. The highest BCUT2D eigenvalue weighted by Crippen LogP contribution is 2.22. The van der Waals surface area contributed by atoms with Crippen LogP contribution in [0.3, 0.4) is 0 Å². The molecule has 1 heterocycles. The van der Waals surface area contributed by atoms with Crippen LogP contribution < -0.4 is 5.73 Å². The first-order chi connectivity index (χ1) is 9.58. The van der Waals surface area contributed by atoms with Crippen LogP contribution in [0.5, 0.6) is 0 Å². The smallest absolute Gasteiger partial charge is 0.0596 e. The molecule has 0 saturated heterocycles. The van der Waals surface area contributed by atoms with E-state index in [-0.39, 0.29) is 6.04 Å². The van der Waals surface area contributed by atoms with Gasteiger partial charge in [-0.05, 0) is 38.1 Å². The average molecular weight is 310 g/mol. The lowest BCUT2D eigenvalue weighted by Crippen LogP contribution is -2.26. The summed E-state index contributed by atoms with van der Waals surface area (Å²) in [5.74, 6) is 0.869. The predicted molar refractivity (Wildman–Crippen MR) is 86.5 cm³/mol. The second kappa shape index (κ2) is 7.16. The van der Waals surface area contributed by atoms with Gasteiger partial charge in [0.2, 0.25) is 0 Å². The van der Waals surface area contributed by atoms with Crippen molar-refractivity contribution in [1.29, 1.82) is 0 Å². The predicted octanol–water partition coefficient (Wildman–Crippen LogP) is 3.53. The first-order valence-corrected chi connectivity index (χ1v) is 8.12. The molecule has 1 unspecified atom stereocenters. The van der Waals surface area contributed by atoms with Crippen LogP contribution in [-0.2, 0) is 13.0 Å². The Morgan fingerprint density at radius 1 is 1.40 bits per heavy atom. The summed E-state index contributed by atoms with van der Waals surface area (Å²) in [7, 11) is 0. The Balaban J connectivity index is 1.90. The molecule has 0 radical (unpaired) electrons. The second-order valence-electron chi connectivity index (χ2n) is 4.83. The fraction of sp³-hybridized carbons (Fsp3) is 0.400. The highest BCUT2D eigenvalue weighted by Gasteiger charge is 2.10. The molecule has 0 bridgehead atoms. The van der Waals surface area contributed by atoms with Gasteiger partial charge in [-0.25, -0.2) is 0 Å². The van der Waals surface area contributed by atoms with E-state index in [1.807, 2.05) is 29.8 Å². The minimum Gasteiger partial charge on any atom is -0.327 e.